The minimum absolute atomic E-state index is 0.109. The first kappa shape index (κ1) is 18.2. The van der Waals surface area contributed by atoms with E-state index in [2.05, 4.69) is 10.3 Å². The lowest BCUT2D eigenvalue weighted by Crippen LogP contribution is -2.25. The molecule has 0 bridgehead atoms. The lowest BCUT2D eigenvalue weighted by molar-refractivity contribution is 0.102. The fraction of sp³-hybridized carbons (Fsp3) is 0.211. The Hall–Kier alpha value is -3.55. The molecule has 1 aromatic carbocycles. The van der Waals surface area contributed by atoms with Gasteiger partial charge in [-0.25, -0.2) is 4.98 Å². The van der Waals surface area contributed by atoms with Crippen LogP contribution in [0.1, 0.15) is 16.1 Å². The number of benzene rings is 1. The standard InChI is InChI=1S/C19H19N3O5/c1-11-16(19(24)22-8-6-5-7-15(22)20-11)21-18(23)12-9-13(25-2)17(27-4)14(10-12)26-3/h5-10H,1-4H3,(H,21,23). The number of fused-ring (bicyclic) bond motifs is 1. The van der Waals surface area contributed by atoms with Crippen LogP contribution in [0.3, 0.4) is 0 Å². The quantitative estimate of drug-likeness (QED) is 0.742. The molecule has 140 valence electrons. The topological polar surface area (TPSA) is 91.2 Å². The Kier molecular flexibility index (Phi) is 4.98. The summed E-state index contributed by atoms with van der Waals surface area (Å²) in [5.41, 5.74) is 0.926. The zero-order valence-electron chi connectivity index (χ0n) is 15.4. The average molecular weight is 369 g/mol. The number of rotatable bonds is 5. The van der Waals surface area contributed by atoms with E-state index < -0.39 is 5.91 Å². The van der Waals surface area contributed by atoms with Gasteiger partial charge < -0.3 is 19.5 Å². The molecule has 0 unspecified atom stereocenters. The third-order valence-electron chi connectivity index (χ3n) is 4.08. The summed E-state index contributed by atoms with van der Waals surface area (Å²) in [6.45, 7) is 1.67. The van der Waals surface area contributed by atoms with Gasteiger partial charge in [0.2, 0.25) is 5.75 Å². The second-order valence-electron chi connectivity index (χ2n) is 5.67. The molecule has 8 heteroatoms. The fourth-order valence-electron chi connectivity index (χ4n) is 2.74. The summed E-state index contributed by atoms with van der Waals surface area (Å²) >= 11 is 0. The Balaban J connectivity index is 2.04. The van der Waals surface area contributed by atoms with Crippen LogP contribution in [0.5, 0.6) is 17.2 Å². The number of carbonyl (C=O) groups is 1. The molecule has 0 aliphatic rings. The highest BCUT2D eigenvalue weighted by molar-refractivity contribution is 6.05. The maximum Gasteiger partial charge on any atom is 0.281 e. The molecule has 2 aromatic heterocycles. The van der Waals surface area contributed by atoms with Crippen molar-refractivity contribution in [1.82, 2.24) is 9.38 Å². The molecule has 1 N–H and O–H groups in total. The molecular formula is C19H19N3O5. The minimum atomic E-state index is -0.493. The number of hydrogen-bond donors (Lipinski definition) is 1. The molecule has 0 spiro atoms. The van der Waals surface area contributed by atoms with Gasteiger partial charge >= 0.3 is 0 Å². The molecule has 0 radical (unpaired) electrons. The zero-order chi connectivity index (χ0) is 19.6. The molecule has 0 aliphatic heterocycles. The van der Waals surface area contributed by atoms with Crippen molar-refractivity contribution < 1.29 is 19.0 Å². The Morgan fingerprint density at radius 2 is 1.74 bits per heavy atom. The summed E-state index contributed by atoms with van der Waals surface area (Å²) < 4.78 is 17.1. The number of nitrogens with zero attached hydrogens (tertiary/aromatic N) is 2. The van der Waals surface area contributed by atoms with E-state index in [1.54, 1.807) is 31.3 Å². The van der Waals surface area contributed by atoms with Crippen molar-refractivity contribution in [3.63, 3.8) is 0 Å². The first-order valence-electron chi connectivity index (χ1n) is 8.09. The number of aromatic nitrogens is 2. The third kappa shape index (κ3) is 3.29. The van der Waals surface area contributed by atoms with Gasteiger partial charge in [-0.05, 0) is 31.2 Å². The van der Waals surface area contributed by atoms with Gasteiger partial charge in [-0.2, -0.15) is 0 Å². The van der Waals surface area contributed by atoms with Crippen LogP contribution in [-0.4, -0.2) is 36.6 Å². The van der Waals surface area contributed by atoms with Gasteiger partial charge in [0.25, 0.3) is 11.5 Å². The molecule has 1 amide bonds. The molecule has 0 atom stereocenters. The molecule has 3 aromatic rings. The van der Waals surface area contributed by atoms with Crippen LogP contribution in [0.15, 0.2) is 41.3 Å². The van der Waals surface area contributed by atoms with Gasteiger partial charge in [-0.15, -0.1) is 0 Å². The molecule has 0 saturated heterocycles. The van der Waals surface area contributed by atoms with Gasteiger partial charge in [-0.1, -0.05) is 6.07 Å². The summed E-state index contributed by atoms with van der Waals surface area (Å²) in [6, 6.07) is 8.25. The van der Waals surface area contributed by atoms with E-state index in [0.717, 1.165) is 0 Å². The van der Waals surface area contributed by atoms with E-state index in [4.69, 9.17) is 14.2 Å². The number of nitrogens with one attached hydrogen (secondary N) is 1. The largest absolute Gasteiger partial charge is 0.493 e. The number of aryl methyl sites for hydroxylation is 1. The van der Waals surface area contributed by atoms with Gasteiger partial charge in [0.1, 0.15) is 11.3 Å². The van der Waals surface area contributed by atoms with Gasteiger partial charge in [0.15, 0.2) is 11.5 Å². The Morgan fingerprint density at radius 1 is 1.07 bits per heavy atom. The van der Waals surface area contributed by atoms with Crippen molar-refractivity contribution in [1.29, 1.82) is 0 Å². The highest BCUT2D eigenvalue weighted by Gasteiger charge is 2.19. The fourth-order valence-corrected chi connectivity index (χ4v) is 2.74. The second-order valence-corrected chi connectivity index (χ2v) is 5.67. The number of amides is 1. The van der Waals surface area contributed by atoms with Crippen LogP contribution in [0.4, 0.5) is 5.69 Å². The SMILES string of the molecule is COc1cc(C(=O)Nc2c(C)nc3ccccn3c2=O)cc(OC)c1OC. The third-order valence-corrected chi connectivity index (χ3v) is 4.08. The lowest BCUT2D eigenvalue weighted by atomic mass is 10.1. The normalized spacial score (nSPS) is 10.5. The minimum Gasteiger partial charge on any atom is -0.493 e. The van der Waals surface area contributed by atoms with Crippen LogP contribution >= 0.6 is 0 Å². The monoisotopic (exact) mass is 369 g/mol. The lowest BCUT2D eigenvalue weighted by Gasteiger charge is -2.14. The van der Waals surface area contributed by atoms with Crippen LogP contribution in [-0.2, 0) is 0 Å². The van der Waals surface area contributed by atoms with Crippen LogP contribution in [0.25, 0.3) is 5.65 Å². The predicted octanol–water partition coefficient (Wildman–Crippen LogP) is 2.28. The summed E-state index contributed by atoms with van der Waals surface area (Å²) in [4.78, 5) is 29.8. The maximum absolute atomic E-state index is 12.8. The number of methoxy groups -OCH3 is 3. The molecule has 0 aliphatic carbocycles. The van der Waals surface area contributed by atoms with Crippen molar-refractivity contribution >= 4 is 17.2 Å². The van der Waals surface area contributed by atoms with Crippen molar-refractivity contribution in [3.05, 3.63) is 58.1 Å². The number of hydrogen-bond acceptors (Lipinski definition) is 6. The number of pyridine rings is 1. The predicted molar refractivity (Wildman–Crippen MR) is 100 cm³/mol. The van der Waals surface area contributed by atoms with E-state index >= 15 is 0 Å². The second kappa shape index (κ2) is 7.36. The number of anilines is 1. The van der Waals surface area contributed by atoms with Gasteiger partial charge in [0, 0.05) is 11.8 Å². The Morgan fingerprint density at radius 3 is 2.33 bits per heavy atom. The first-order chi connectivity index (χ1) is 13.0. The number of carbonyl (C=O) groups excluding carboxylic acids is 1. The Bertz CT molecular complexity index is 1050. The Labute approximate surface area is 155 Å². The smallest absolute Gasteiger partial charge is 0.281 e. The van der Waals surface area contributed by atoms with E-state index in [-0.39, 0.29) is 16.8 Å². The van der Waals surface area contributed by atoms with Crippen LogP contribution in [0.2, 0.25) is 0 Å². The van der Waals surface area contributed by atoms with Crippen molar-refractivity contribution in [2.24, 2.45) is 0 Å². The first-order valence-corrected chi connectivity index (χ1v) is 8.09. The summed E-state index contributed by atoms with van der Waals surface area (Å²) in [5, 5.41) is 2.64. The van der Waals surface area contributed by atoms with E-state index in [1.807, 2.05) is 0 Å². The summed E-state index contributed by atoms with van der Waals surface area (Å²) in [7, 11) is 4.40. The van der Waals surface area contributed by atoms with Crippen LogP contribution < -0.4 is 25.1 Å². The molecule has 3 rings (SSSR count). The molecule has 0 fully saturated rings. The van der Waals surface area contributed by atoms with Gasteiger partial charge in [-0.3, -0.25) is 14.0 Å². The molecule has 2 heterocycles. The summed E-state index contributed by atoms with van der Waals surface area (Å²) in [5.74, 6) is 0.562. The maximum atomic E-state index is 12.8. The zero-order valence-corrected chi connectivity index (χ0v) is 15.4. The molecule has 0 saturated carbocycles. The van der Waals surface area contributed by atoms with E-state index in [1.165, 1.54) is 37.9 Å². The van der Waals surface area contributed by atoms with Crippen LogP contribution in [0, 0.1) is 6.92 Å². The van der Waals surface area contributed by atoms with E-state index in [9.17, 15) is 9.59 Å². The molecular weight excluding hydrogens is 350 g/mol. The van der Waals surface area contributed by atoms with Crippen molar-refractivity contribution in [3.8, 4) is 17.2 Å². The number of ether oxygens (including phenoxy) is 3. The van der Waals surface area contributed by atoms with E-state index in [0.29, 0.717) is 28.6 Å². The molecule has 27 heavy (non-hydrogen) atoms. The van der Waals surface area contributed by atoms with Gasteiger partial charge in [0.05, 0.1) is 27.0 Å². The highest BCUT2D eigenvalue weighted by Crippen LogP contribution is 2.38. The highest BCUT2D eigenvalue weighted by atomic mass is 16.5. The van der Waals surface area contributed by atoms with Crippen molar-refractivity contribution in [2.75, 3.05) is 26.6 Å². The molecule has 8 nitrogen and oxygen atoms in total. The summed E-state index contributed by atoms with van der Waals surface area (Å²) in [6.07, 6.45) is 1.60. The van der Waals surface area contributed by atoms with Crippen molar-refractivity contribution in [2.45, 2.75) is 6.92 Å². The average Bonchev–Trinajstić information content (AvgIpc) is 2.69.